The van der Waals surface area contributed by atoms with E-state index < -0.39 is 0 Å². The van der Waals surface area contributed by atoms with E-state index in [1.54, 1.807) is 0 Å². The molecule has 0 saturated heterocycles. The quantitative estimate of drug-likeness (QED) is 0.766. The second-order valence-corrected chi connectivity index (χ2v) is 3.95. The maximum absolute atomic E-state index is 5.80. The molecule has 3 atom stereocenters. The molecule has 0 saturated carbocycles. The van der Waals surface area contributed by atoms with E-state index in [0.29, 0.717) is 12.1 Å². The number of benzene rings is 1. The SMILES string of the molecule is CC(NC(C)C(C)N)c1ccccc1. The monoisotopic (exact) mass is 192 g/mol. The van der Waals surface area contributed by atoms with Gasteiger partial charge in [0.25, 0.3) is 0 Å². The van der Waals surface area contributed by atoms with E-state index in [0.717, 1.165) is 0 Å². The Bertz CT molecular complexity index is 256. The molecule has 0 aromatic heterocycles. The van der Waals surface area contributed by atoms with Crippen LogP contribution in [-0.4, -0.2) is 12.1 Å². The molecule has 0 heterocycles. The van der Waals surface area contributed by atoms with Gasteiger partial charge in [0, 0.05) is 18.1 Å². The lowest BCUT2D eigenvalue weighted by Crippen LogP contribution is -2.41. The molecule has 0 aliphatic rings. The first-order valence-electron chi connectivity index (χ1n) is 5.18. The minimum Gasteiger partial charge on any atom is -0.327 e. The van der Waals surface area contributed by atoms with Crippen LogP contribution in [0.4, 0.5) is 0 Å². The molecule has 1 aromatic rings. The zero-order valence-corrected chi connectivity index (χ0v) is 9.20. The molecule has 3 N–H and O–H groups in total. The van der Waals surface area contributed by atoms with Crippen molar-refractivity contribution in [2.75, 3.05) is 0 Å². The molecule has 0 radical (unpaired) electrons. The Hall–Kier alpha value is -0.860. The second kappa shape index (κ2) is 5.13. The molecule has 0 bridgehead atoms. The number of nitrogens with one attached hydrogen (secondary N) is 1. The predicted octanol–water partition coefficient (Wildman–Crippen LogP) is 2.07. The zero-order chi connectivity index (χ0) is 10.6. The minimum absolute atomic E-state index is 0.182. The van der Waals surface area contributed by atoms with E-state index in [4.69, 9.17) is 5.73 Å². The molecule has 3 unspecified atom stereocenters. The van der Waals surface area contributed by atoms with Crippen molar-refractivity contribution in [1.29, 1.82) is 0 Å². The van der Waals surface area contributed by atoms with Crippen LogP contribution in [0.25, 0.3) is 0 Å². The van der Waals surface area contributed by atoms with Crippen molar-refractivity contribution < 1.29 is 0 Å². The van der Waals surface area contributed by atoms with E-state index in [9.17, 15) is 0 Å². The maximum atomic E-state index is 5.80. The van der Waals surface area contributed by atoms with Crippen molar-refractivity contribution in [2.45, 2.75) is 38.9 Å². The normalized spacial score (nSPS) is 17.4. The highest BCUT2D eigenvalue weighted by Crippen LogP contribution is 2.12. The summed E-state index contributed by atoms with van der Waals surface area (Å²) in [6.45, 7) is 6.30. The highest BCUT2D eigenvalue weighted by molar-refractivity contribution is 5.18. The Morgan fingerprint density at radius 2 is 1.64 bits per heavy atom. The Morgan fingerprint density at radius 1 is 1.07 bits per heavy atom. The molecule has 2 heteroatoms. The van der Waals surface area contributed by atoms with Gasteiger partial charge in [-0.15, -0.1) is 0 Å². The summed E-state index contributed by atoms with van der Waals surface area (Å²) in [4.78, 5) is 0. The van der Waals surface area contributed by atoms with Crippen molar-refractivity contribution in [2.24, 2.45) is 5.73 Å². The molecule has 0 spiro atoms. The summed E-state index contributed by atoms with van der Waals surface area (Å²) in [6.07, 6.45) is 0. The van der Waals surface area contributed by atoms with Crippen LogP contribution in [0.1, 0.15) is 32.4 Å². The van der Waals surface area contributed by atoms with Gasteiger partial charge in [-0.05, 0) is 26.3 Å². The molecular formula is C12H20N2. The van der Waals surface area contributed by atoms with Crippen LogP contribution in [0.3, 0.4) is 0 Å². The topological polar surface area (TPSA) is 38.0 Å². The summed E-state index contributed by atoms with van der Waals surface area (Å²) in [7, 11) is 0. The summed E-state index contributed by atoms with van der Waals surface area (Å²) in [6, 6.07) is 11.3. The smallest absolute Gasteiger partial charge is 0.0294 e. The summed E-state index contributed by atoms with van der Waals surface area (Å²) in [5.74, 6) is 0. The predicted molar refractivity (Wildman–Crippen MR) is 61.1 cm³/mol. The first-order chi connectivity index (χ1) is 6.61. The van der Waals surface area contributed by atoms with Crippen molar-refractivity contribution in [3.05, 3.63) is 35.9 Å². The van der Waals surface area contributed by atoms with Crippen molar-refractivity contribution in [3.8, 4) is 0 Å². The summed E-state index contributed by atoms with van der Waals surface area (Å²) in [5, 5.41) is 3.47. The Labute approximate surface area is 86.5 Å². The molecule has 0 aliphatic carbocycles. The zero-order valence-electron chi connectivity index (χ0n) is 9.20. The standard InChI is InChI=1S/C12H20N2/c1-9(13)10(2)14-11(3)12-7-5-4-6-8-12/h4-11,14H,13H2,1-3H3. The van der Waals surface area contributed by atoms with Gasteiger partial charge in [-0.25, -0.2) is 0 Å². The van der Waals surface area contributed by atoms with Gasteiger partial charge >= 0.3 is 0 Å². The Morgan fingerprint density at radius 3 is 2.14 bits per heavy atom. The largest absolute Gasteiger partial charge is 0.327 e. The second-order valence-electron chi connectivity index (χ2n) is 3.95. The average Bonchev–Trinajstić information content (AvgIpc) is 2.19. The fraction of sp³-hybridized carbons (Fsp3) is 0.500. The number of nitrogens with two attached hydrogens (primary N) is 1. The Kier molecular flexibility index (Phi) is 4.11. The molecule has 14 heavy (non-hydrogen) atoms. The van der Waals surface area contributed by atoms with Crippen LogP contribution >= 0.6 is 0 Å². The van der Waals surface area contributed by atoms with Gasteiger partial charge < -0.3 is 11.1 Å². The van der Waals surface area contributed by atoms with Crippen LogP contribution in [-0.2, 0) is 0 Å². The minimum atomic E-state index is 0.182. The van der Waals surface area contributed by atoms with E-state index >= 15 is 0 Å². The van der Waals surface area contributed by atoms with Crippen LogP contribution in [0.2, 0.25) is 0 Å². The third-order valence-corrected chi connectivity index (χ3v) is 2.60. The van der Waals surface area contributed by atoms with E-state index in [1.165, 1.54) is 5.56 Å². The highest BCUT2D eigenvalue weighted by Gasteiger charge is 2.11. The number of hydrogen-bond acceptors (Lipinski definition) is 2. The third-order valence-electron chi connectivity index (χ3n) is 2.60. The fourth-order valence-electron chi connectivity index (χ4n) is 1.38. The lowest BCUT2D eigenvalue weighted by Gasteiger charge is -2.23. The summed E-state index contributed by atoms with van der Waals surface area (Å²) < 4.78 is 0. The van der Waals surface area contributed by atoms with Crippen molar-refractivity contribution >= 4 is 0 Å². The molecular weight excluding hydrogens is 172 g/mol. The molecule has 1 aromatic carbocycles. The average molecular weight is 192 g/mol. The lowest BCUT2D eigenvalue weighted by molar-refractivity contribution is 0.430. The molecule has 0 aliphatic heterocycles. The highest BCUT2D eigenvalue weighted by atomic mass is 15.0. The maximum Gasteiger partial charge on any atom is 0.0294 e. The summed E-state index contributed by atoms with van der Waals surface area (Å²) >= 11 is 0. The summed E-state index contributed by atoms with van der Waals surface area (Å²) in [5.41, 5.74) is 7.11. The van der Waals surface area contributed by atoms with Crippen LogP contribution in [0.15, 0.2) is 30.3 Å². The molecule has 78 valence electrons. The molecule has 2 nitrogen and oxygen atoms in total. The van der Waals surface area contributed by atoms with Gasteiger partial charge in [0.15, 0.2) is 0 Å². The van der Waals surface area contributed by atoms with Crippen molar-refractivity contribution in [3.63, 3.8) is 0 Å². The van der Waals surface area contributed by atoms with Gasteiger partial charge in [-0.1, -0.05) is 30.3 Å². The van der Waals surface area contributed by atoms with E-state index in [1.807, 2.05) is 13.0 Å². The third kappa shape index (κ3) is 3.13. The Balaban J connectivity index is 2.55. The van der Waals surface area contributed by atoms with Crippen LogP contribution in [0, 0.1) is 0 Å². The lowest BCUT2D eigenvalue weighted by atomic mass is 10.1. The van der Waals surface area contributed by atoms with Gasteiger partial charge in [0.1, 0.15) is 0 Å². The van der Waals surface area contributed by atoms with Gasteiger partial charge in [0.05, 0.1) is 0 Å². The van der Waals surface area contributed by atoms with Crippen molar-refractivity contribution in [1.82, 2.24) is 5.32 Å². The first kappa shape index (κ1) is 11.2. The molecule has 0 amide bonds. The molecule has 0 fully saturated rings. The van der Waals surface area contributed by atoms with Gasteiger partial charge in [-0.2, -0.15) is 0 Å². The van der Waals surface area contributed by atoms with E-state index in [2.05, 4.69) is 43.4 Å². The number of rotatable bonds is 4. The van der Waals surface area contributed by atoms with Gasteiger partial charge in [0.2, 0.25) is 0 Å². The van der Waals surface area contributed by atoms with Crippen LogP contribution in [0.5, 0.6) is 0 Å². The molecule has 1 rings (SSSR count). The van der Waals surface area contributed by atoms with E-state index in [-0.39, 0.29) is 6.04 Å². The van der Waals surface area contributed by atoms with Crippen LogP contribution < -0.4 is 11.1 Å². The first-order valence-corrected chi connectivity index (χ1v) is 5.18. The number of hydrogen-bond donors (Lipinski definition) is 2. The fourth-order valence-corrected chi connectivity index (χ4v) is 1.38. The van der Waals surface area contributed by atoms with Gasteiger partial charge in [-0.3, -0.25) is 0 Å².